The van der Waals surface area contributed by atoms with Crippen molar-refractivity contribution in [3.8, 4) is 5.75 Å². The van der Waals surface area contributed by atoms with Crippen LogP contribution in [0, 0.1) is 0 Å². The van der Waals surface area contributed by atoms with Crippen LogP contribution < -0.4 is 19.6 Å². The number of hydrogen-bond donors (Lipinski definition) is 0. The lowest BCUT2D eigenvalue weighted by molar-refractivity contribution is -0.140. The third-order valence-electron chi connectivity index (χ3n) is 6.29. The van der Waals surface area contributed by atoms with Gasteiger partial charge in [0.2, 0.25) is 0 Å². The molecule has 5 rings (SSSR count). The van der Waals surface area contributed by atoms with Gasteiger partial charge in [-0.1, -0.05) is 77.0 Å². The standard InChI is InChI=1S/C30H21Cl2F3N2O4S/c1-2-40-28(39)24-25(18-10-12-20(31)13-11-18)37-27(38)23(42-29(37)36-26(24)30(33,34)35)15-17-6-5-8-21(14-17)41-16-19-7-3-4-9-22(19)32/h3-15,25H,2,16H2,1H3/b23-15+/t25-/m1/s1. The van der Waals surface area contributed by atoms with Gasteiger partial charge in [0, 0.05) is 15.6 Å². The van der Waals surface area contributed by atoms with E-state index >= 15 is 0 Å². The SMILES string of the molecule is CCOC(=O)C1=C(C(F)(F)F)N=c2s/c(=C/c3cccc(OCc4ccccc4Cl)c3)c(=O)n2[C@@H]1c1ccc(Cl)cc1. The predicted molar refractivity (Wildman–Crippen MR) is 154 cm³/mol. The molecule has 0 unspecified atom stereocenters. The lowest BCUT2D eigenvalue weighted by Crippen LogP contribution is -2.41. The number of allylic oxidation sites excluding steroid dienone is 1. The van der Waals surface area contributed by atoms with Gasteiger partial charge in [0.25, 0.3) is 5.56 Å². The first-order valence-electron chi connectivity index (χ1n) is 12.6. The molecule has 42 heavy (non-hydrogen) atoms. The van der Waals surface area contributed by atoms with Crippen LogP contribution in [0.4, 0.5) is 13.2 Å². The molecule has 1 aliphatic heterocycles. The maximum absolute atomic E-state index is 14.3. The summed E-state index contributed by atoms with van der Waals surface area (Å²) in [6.07, 6.45) is -3.46. The van der Waals surface area contributed by atoms with Crippen LogP contribution in [0.2, 0.25) is 10.0 Å². The monoisotopic (exact) mass is 632 g/mol. The van der Waals surface area contributed by atoms with Gasteiger partial charge >= 0.3 is 12.1 Å². The number of carbonyl (C=O) groups is 1. The van der Waals surface area contributed by atoms with E-state index in [2.05, 4.69) is 4.99 Å². The van der Waals surface area contributed by atoms with Crippen LogP contribution in [-0.4, -0.2) is 23.3 Å². The fourth-order valence-corrected chi connectivity index (χ4v) is 5.74. The second-order valence-corrected chi connectivity index (χ2v) is 10.9. The van der Waals surface area contributed by atoms with Crippen molar-refractivity contribution in [3.05, 3.63) is 130 Å². The van der Waals surface area contributed by atoms with Crippen molar-refractivity contribution in [2.24, 2.45) is 4.99 Å². The van der Waals surface area contributed by atoms with Crippen LogP contribution in [0.5, 0.6) is 5.75 Å². The Kier molecular flexibility index (Phi) is 8.58. The third-order valence-corrected chi connectivity index (χ3v) is 7.89. The van der Waals surface area contributed by atoms with Gasteiger partial charge in [0.05, 0.1) is 22.8 Å². The van der Waals surface area contributed by atoms with Crippen molar-refractivity contribution in [2.75, 3.05) is 6.61 Å². The molecule has 0 N–H and O–H groups in total. The number of nitrogens with zero attached hydrogens (tertiary/aromatic N) is 2. The molecule has 1 aromatic heterocycles. The van der Waals surface area contributed by atoms with Crippen molar-refractivity contribution >= 4 is 46.6 Å². The summed E-state index contributed by atoms with van der Waals surface area (Å²) in [6.45, 7) is 1.52. The van der Waals surface area contributed by atoms with E-state index in [4.69, 9.17) is 32.7 Å². The Bertz CT molecular complexity index is 1860. The summed E-state index contributed by atoms with van der Waals surface area (Å²) in [5, 5.41) is 0.894. The highest BCUT2D eigenvalue weighted by Gasteiger charge is 2.45. The second-order valence-electron chi connectivity index (χ2n) is 9.07. The van der Waals surface area contributed by atoms with E-state index < -0.39 is 35.0 Å². The average Bonchev–Trinajstić information content (AvgIpc) is 3.26. The lowest BCUT2D eigenvalue weighted by atomic mass is 9.95. The minimum absolute atomic E-state index is 0.114. The van der Waals surface area contributed by atoms with Gasteiger partial charge in [-0.2, -0.15) is 13.2 Å². The highest BCUT2D eigenvalue weighted by atomic mass is 35.5. The summed E-state index contributed by atoms with van der Waals surface area (Å²) in [6, 6.07) is 18.5. The van der Waals surface area contributed by atoms with Crippen LogP contribution in [0.1, 0.15) is 29.7 Å². The number of esters is 1. The van der Waals surface area contributed by atoms with Gasteiger partial charge in [-0.05, 0) is 54.5 Å². The Balaban J connectivity index is 1.62. The first kappa shape index (κ1) is 29.6. The zero-order valence-corrected chi connectivity index (χ0v) is 24.2. The number of thiazole rings is 1. The molecule has 0 saturated carbocycles. The molecule has 4 aromatic rings. The first-order chi connectivity index (χ1) is 20.1. The number of benzene rings is 3. The predicted octanol–water partition coefficient (Wildman–Crippen LogP) is 6.23. The molecule has 12 heteroatoms. The number of alkyl halides is 3. The summed E-state index contributed by atoms with van der Waals surface area (Å²) in [5.41, 5.74) is -1.21. The number of aromatic nitrogens is 1. The van der Waals surface area contributed by atoms with E-state index in [0.717, 1.165) is 21.5 Å². The fraction of sp³-hybridized carbons (Fsp3) is 0.167. The normalized spacial score (nSPS) is 15.3. The lowest BCUT2D eigenvalue weighted by Gasteiger charge is -2.26. The smallest absolute Gasteiger partial charge is 0.434 e. The largest absolute Gasteiger partial charge is 0.489 e. The molecule has 0 spiro atoms. The summed E-state index contributed by atoms with van der Waals surface area (Å²) in [4.78, 5) is 30.2. The molecule has 3 aromatic carbocycles. The van der Waals surface area contributed by atoms with Crippen molar-refractivity contribution in [2.45, 2.75) is 25.7 Å². The third kappa shape index (κ3) is 6.16. The van der Waals surface area contributed by atoms with Crippen molar-refractivity contribution in [1.82, 2.24) is 4.57 Å². The topological polar surface area (TPSA) is 69.9 Å². The number of carbonyl (C=O) groups excluding carboxylic acids is 1. The fourth-order valence-electron chi connectivity index (χ4n) is 4.42. The molecule has 216 valence electrons. The first-order valence-corrected chi connectivity index (χ1v) is 14.2. The van der Waals surface area contributed by atoms with Gasteiger partial charge in [0.15, 0.2) is 10.5 Å². The Morgan fingerprint density at radius 1 is 1.07 bits per heavy atom. The summed E-state index contributed by atoms with van der Waals surface area (Å²) >= 11 is 13.0. The molecule has 0 radical (unpaired) electrons. The van der Waals surface area contributed by atoms with Crippen molar-refractivity contribution < 1.29 is 27.4 Å². The number of ether oxygens (including phenoxy) is 2. The average molecular weight is 633 g/mol. The molecule has 0 saturated heterocycles. The van der Waals surface area contributed by atoms with E-state index in [0.29, 0.717) is 21.4 Å². The molecule has 0 amide bonds. The molecule has 0 aliphatic carbocycles. The van der Waals surface area contributed by atoms with E-state index in [1.165, 1.54) is 37.3 Å². The maximum Gasteiger partial charge on any atom is 0.434 e. The van der Waals surface area contributed by atoms with Crippen LogP contribution in [0.25, 0.3) is 6.08 Å². The molecule has 2 heterocycles. The quantitative estimate of drug-likeness (QED) is 0.227. The Hall–Kier alpha value is -3.86. The van der Waals surface area contributed by atoms with E-state index in [-0.39, 0.29) is 28.1 Å². The van der Waals surface area contributed by atoms with Crippen LogP contribution in [0.15, 0.2) is 93.9 Å². The van der Waals surface area contributed by atoms with Crippen molar-refractivity contribution in [3.63, 3.8) is 0 Å². The van der Waals surface area contributed by atoms with Crippen LogP contribution in [0.3, 0.4) is 0 Å². The summed E-state index contributed by atoms with van der Waals surface area (Å²) in [7, 11) is 0. The highest BCUT2D eigenvalue weighted by molar-refractivity contribution is 7.07. The molecular formula is C30H21Cl2F3N2O4S. The highest BCUT2D eigenvalue weighted by Crippen LogP contribution is 2.38. The zero-order chi connectivity index (χ0) is 30.0. The second kappa shape index (κ2) is 12.2. The zero-order valence-electron chi connectivity index (χ0n) is 21.8. The van der Waals surface area contributed by atoms with Gasteiger partial charge < -0.3 is 9.47 Å². The molecule has 0 bridgehead atoms. The number of hydrogen-bond acceptors (Lipinski definition) is 6. The van der Waals surface area contributed by atoms with E-state index in [1.807, 2.05) is 18.2 Å². The summed E-state index contributed by atoms with van der Waals surface area (Å²) < 4.78 is 54.8. The minimum Gasteiger partial charge on any atom is -0.489 e. The maximum atomic E-state index is 14.3. The molecule has 6 nitrogen and oxygen atoms in total. The Morgan fingerprint density at radius 2 is 1.81 bits per heavy atom. The van der Waals surface area contributed by atoms with Crippen LogP contribution >= 0.6 is 34.5 Å². The molecule has 1 aliphatic rings. The van der Waals surface area contributed by atoms with Gasteiger partial charge in [0.1, 0.15) is 12.4 Å². The van der Waals surface area contributed by atoms with E-state index in [9.17, 15) is 22.8 Å². The molecule has 0 fully saturated rings. The van der Waals surface area contributed by atoms with Gasteiger partial charge in [-0.15, -0.1) is 0 Å². The van der Waals surface area contributed by atoms with Gasteiger partial charge in [-0.3, -0.25) is 9.36 Å². The Morgan fingerprint density at radius 3 is 2.50 bits per heavy atom. The summed E-state index contributed by atoms with van der Waals surface area (Å²) in [5.74, 6) is -0.717. The van der Waals surface area contributed by atoms with E-state index in [1.54, 1.807) is 30.3 Å². The number of halogens is 5. The van der Waals surface area contributed by atoms with Gasteiger partial charge in [-0.25, -0.2) is 9.79 Å². The minimum atomic E-state index is -4.99. The Labute approximate surface area is 251 Å². The van der Waals surface area contributed by atoms with Crippen LogP contribution in [-0.2, 0) is 16.1 Å². The number of fused-ring (bicyclic) bond motifs is 1. The molecule has 1 atom stereocenters. The molecular weight excluding hydrogens is 612 g/mol. The number of rotatable bonds is 7. The van der Waals surface area contributed by atoms with Crippen molar-refractivity contribution in [1.29, 1.82) is 0 Å².